The molecule has 1 N–H and O–H groups in total. The second kappa shape index (κ2) is 9.73. The quantitative estimate of drug-likeness (QED) is 0.678. The Labute approximate surface area is 207 Å². The molecule has 2 fully saturated rings. The fourth-order valence-electron chi connectivity index (χ4n) is 3.94. The predicted molar refractivity (Wildman–Crippen MR) is 131 cm³/mol. The van der Waals surface area contributed by atoms with Crippen LogP contribution in [0.2, 0.25) is 0 Å². The van der Waals surface area contributed by atoms with Gasteiger partial charge in [-0.1, -0.05) is 0 Å². The lowest BCUT2D eigenvalue weighted by atomic mass is 10.2. The third-order valence-electron chi connectivity index (χ3n) is 5.69. The van der Waals surface area contributed by atoms with Crippen molar-refractivity contribution in [1.29, 1.82) is 0 Å². The molecule has 1 aromatic carbocycles. The molecule has 3 amide bonds. The summed E-state index contributed by atoms with van der Waals surface area (Å²) >= 11 is 1.31. The molecule has 0 spiro atoms. The smallest absolute Gasteiger partial charge is 0.416 e. The van der Waals surface area contributed by atoms with Gasteiger partial charge in [0, 0.05) is 26.2 Å². The molecule has 2 aromatic rings. The van der Waals surface area contributed by atoms with Gasteiger partial charge in [-0.3, -0.25) is 9.69 Å². The Hall–Kier alpha value is -3.34. The van der Waals surface area contributed by atoms with Crippen LogP contribution in [-0.4, -0.2) is 67.5 Å². The highest BCUT2D eigenvalue weighted by Gasteiger charge is 2.34. The number of aryl methyl sites for hydroxylation is 1. The van der Waals surface area contributed by atoms with Crippen molar-refractivity contribution in [2.24, 2.45) is 0 Å². The Morgan fingerprint density at radius 3 is 2.49 bits per heavy atom. The number of nitrogens with zero attached hydrogens (tertiary/aromatic N) is 3. The molecule has 0 bridgehead atoms. The summed E-state index contributed by atoms with van der Waals surface area (Å²) in [6.07, 6.45) is -1.87. The minimum atomic E-state index is -0.833. The summed E-state index contributed by atoms with van der Waals surface area (Å²) < 4.78 is 25.7. The fraction of sp³-hybridized carbons (Fsp3) is 0.458. The van der Waals surface area contributed by atoms with E-state index in [1.54, 1.807) is 17.0 Å². The van der Waals surface area contributed by atoms with Crippen molar-refractivity contribution >= 4 is 40.8 Å². The van der Waals surface area contributed by atoms with E-state index in [0.717, 1.165) is 5.56 Å². The Kier molecular flexibility index (Phi) is 6.88. The number of halogens is 1. The van der Waals surface area contributed by atoms with Gasteiger partial charge in [-0.15, -0.1) is 11.3 Å². The van der Waals surface area contributed by atoms with Gasteiger partial charge in [0.2, 0.25) is 0 Å². The second-order valence-electron chi connectivity index (χ2n) is 9.48. The van der Waals surface area contributed by atoms with Gasteiger partial charge in [0.15, 0.2) is 6.23 Å². The highest BCUT2D eigenvalue weighted by molar-refractivity contribution is 7.12. The number of anilines is 2. The van der Waals surface area contributed by atoms with Crippen LogP contribution in [0.15, 0.2) is 29.6 Å². The van der Waals surface area contributed by atoms with Crippen LogP contribution in [0.3, 0.4) is 0 Å². The molecular weight excluding hydrogens is 475 g/mol. The summed E-state index contributed by atoms with van der Waals surface area (Å²) in [6, 6.07) is 6.38. The first-order valence-electron chi connectivity index (χ1n) is 11.4. The first-order valence-corrected chi connectivity index (χ1v) is 12.3. The number of thiophene rings is 1. The zero-order chi connectivity index (χ0) is 25.3. The number of carbonyl (C=O) groups is 3. The Morgan fingerprint density at radius 2 is 1.89 bits per heavy atom. The number of hydrogen-bond donors (Lipinski definition) is 1. The molecule has 4 rings (SSSR count). The van der Waals surface area contributed by atoms with Crippen LogP contribution in [0.1, 0.15) is 36.0 Å². The van der Waals surface area contributed by atoms with Crippen LogP contribution in [0.4, 0.5) is 25.4 Å². The van der Waals surface area contributed by atoms with Crippen LogP contribution in [0.25, 0.3) is 0 Å². The van der Waals surface area contributed by atoms with Crippen LogP contribution in [0, 0.1) is 12.7 Å². The van der Waals surface area contributed by atoms with E-state index in [1.165, 1.54) is 22.3 Å². The van der Waals surface area contributed by atoms with Crippen LogP contribution in [0.5, 0.6) is 0 Å². The molecule has 0 unspecified atom stereocenters. The molecule has 2 saturated heterocycles. The summed E-state index contributed by atoms with van der Waals surface area (Å²) in [5.41, 5.74) is 1.01. The van der Waals surface area contributed by atoms with E-state index in [4.69, 9.17) is 9.47 Å². The Morgan fingerprint density at radius 1 is 1.17 bits per heavy atom. The number of hydrogen-bond acceptors (Lipinski definition) is 7. The lowest BCUT2D eigenvalue weighted by Gasteiger charge is -2.37. The standard InChI is InChI=1S/C24H29FN4O5S/c1-15-7-12-35-20(15)21(30)26-19-14-29(23(32)33-19)16-5-6-18(17(25)13-16)27-8-10-28(11-9-27)22(31)34-24(2,3)4/h5-7,12-13,19H,8-11,14H2,1-4H3,(H,26,30)/t19-/m0/s1. The van der Waals surface area contributed by atoms with Gasteiger partial charge in [0.25, 0.3) is 5.91 Å². The molecule has 0 aliphatic carbocycles. The minimum absolute atomic E-state index is 0.0718. The van der Waals surface area contributed by atoms with Gasteiger partial charge in [0.05, 0.1) is 22.8 Å². The van der Waals surface area contributed by atoms with Crippen molar-refractivity contribution in [3.63, 3.8) is 0 Å². The minimum Gasteiger partial charge on any atom is -0.444 e. The first kappa shape index (κ1) is 24.8. The number of benzene rings is 1. The summed E-state index contributed by atoms with van der Waals surface area (Å²) in [4.78, 5) is 42.4. The highest BCUT2D eigenvalue weighted by atomic mass is 32.1. The number of nitrogens with one attached hydrogen (secondary N) is 1. The Bertz CT molecular complexity index is 1120. The number of amides is 3. The number of ether oxygens (including phenoxy) is 2. The van der Waals surface area contributed by atoms with E-state index in [0.29, 0.717) is 42.4 Å². The number of carbonyl (C=O) groups excluding carboxylic acids is 3. The van der Waals surface area contributed by atoms with Crippen molar-refractivity contribution in [2.75, 3.05) is 42.5 Å². The molecule has 0 radical (unpaired) electrons. The second-order valence-corrected chi connectivity index (χ2v) is 10.4. The molecule has 11 heteroatoms. The SMILES string of the molecule is Cc1ccsc1C(=O)N[C@@H]1CN(c2ccc(N3CCN(C(=O)OC(C)(C)C)CC3)c(F)c2)C(=O)O1. The topological polar surface area (TPSA) is 91.4 Å². The largest absolute Gasteiger partial charge is 0.444 e. The number of rotatable bonds is 4. The fourth-order valence-corrected chi connectivity index (χ4v) is 4.77. The summed E-state index contributed by atoms with van der Waals surface area (Å²) in [6.45, 7) is 9.09. The molecule has 188 valence electrons. The van der Waals surface area contributed by atoms with Gasteiger partial charge in [-0.25, -0.2) is 14.0 Å². The van der Waals surface area contributed by atoms with Crippen molar-refractivity contribution in [3.8, 4) is 0 Å². The van der Waals surface area contributed by atoms with Crippen LogP contribution >= 0.6 is 11.3 Å². The molecule has 2 aliphatic rings. The van der Waals surface area contributed by atoms with E-state index < -0.39 is 23.7 Å². The first-order chi connectivity index (χ1) is 16.5. The third kappa shape index (κ3) is 5.67. The third-order valence-corrected chi connectivity index (χ3v) is 6.70. The molecule has 3 heterocycles. The van der Waals surface area contributed by atoms with E-state index in [-0.39, 0.29) is 18.5 Å². The summed E-state index contributed by atoms with van der Waals surface area (Å²) in [7, 11) is 0. The lowest BCUT2D eigenvalue weighted by Crippen LogP contribution is -2.50. The zero-order valence-corrected chi connectivity index (χ0v) is 21.0. The normalized spacial score (nSPS) is 18.5. The molecule has 1 aromatic heterocycles. The monoisotopic (exact) mass is 504 g/mol. The molecule has 1 atom stereocenters. The summed E-state index contributed by atoms with van der Waals surface area (Å²) in [5, 5.41) is 4.52. The molecule has 0 saturated carbocycles. The van der Waals surface area contributed by atoms with E-state index in [2.05, 4.69) is 5.32 Å². The van der Waals surface area contributed by atoms with Crippen molar-refractivity contribution in [1.82, 2.24) is 10.2 Å². The van der Waals surface area contributed by atoms with E-state index >= 15 is 4.39 Å². The van der Waals surface area contributed by atoms with Gasteiger partial charge in [0.1, 0.15) is 11.4 Å². The zero-order valence-electron chi connectivity index (χ0n) is 20.2. The number of piperazine rings is 1. The average Bonchev–Trinajstić information content (AvgIpc) is 3.37. The molecule has 9 nitrogen and oxygen atoms in total. The summed E-state index contributed by atoms with van der Waals surface area (Å²) in [5.74, 6) is -0.799. The van der Waals surface area contributed by atoms with Crippen LogP contribution in [-0.2, 0) is 9.47 Å². The van der Waals surface area contributed by atoms with Gasteiger partial charge >= 0.3 is 12.2 Å². The number of cyclic esters (lactones) is 1. The lowest BCUT2D eigenvalue weighted by molar-refractivity contribution is 0.0240. The van der Waals surface area contributed by atoms with E-state index in [1.807, 2.05) is 44.0 Å². The predicted octanol–water partition coefficient (Wildman–Crippen LogP) is 3.97. The van der Waals surface area contributed by atoms with Gasteiger partial charge in [-0.05, 0) is 62.9 Å². The Balaban J connectivity index is 1.36. The highest BCUT2D eigenvalue weighted by Crippen LogP contribution is 2.29. The van der Waals surface area contributed by atoms with Gasteiger partial charge < -0.3 is 24.6 Å². The molecular formula is C24H29FN4O5S. The average molecular weight is 505 g/mol. The molecule has 35 heavy (non-hydrogen) atoms. The van der Waals surface area contributed by atoms with Gasteiger partial charge in [-0.2, -0.15) is 0 Å². The van der Waals surface area contributed by atoms with Crippen molar-refractivity contribution < 1.29 is 28.2 Å². The van der Waals surface area contributed by atoms with Crippen LogP contribution < -0.4 is 15.1 Å². The molecule has 2 aliphatic heterocycles. The van der Waals surface area contributed by atoms with Crippen molar-refractivity contribution in [3.05, 3.63) is 45.9 Å². The van der Waals surface area contributed by atoms with E-state index in [9.17, 15) is 14.4 Å². The maximum absolute atomic E-state index is 15.0. The maximum atomic E-state index is 15.0. The maximum Gasteiger partial charge on any atom is 0.416 e. The van der Waals surface area contributed by atoms with Crippen molar-refractivity contribution in [2.45, 2.75) is 39.5 Å².